The van der Waals surface area contributed by atoms with Crippen LogP contribution in [0.1, 0.15) is 66.1 Å². The van der Waals surface area contributed by atoms with Crippen molar-refractivity contribution in [2.75, 3.05) is 38.0 Å². The summed E-state index contributed by atoms with van der Waals surface area (Å²) in [4.78, 5) is 29.4. The highest BCUT2D eigenvalue weighted by molar-refractivity contribution is 5.98. The predicted octanol–water partition coefficient (Wildman–Crippen LogP) is 5.42. The Morgan fingerprint density at radius 3 is 2.37 bits per heavy atom. The number of nitrogens with one attached hydrogen (secondary N) is 2. The number of amides is 2. The van der Waals surface area contributed by atoms with Crippen molar-refractivity contribution >= 4 is 28.4 Å². The molecule has 0 bridgehead atoms. The van der Waals surface area contributed by atoms with Crippen LogP contribution in [0.25, 0.3) is 10.9 Å². The number of carbonyl (C=O) groups excluding carboxylic acids is 2. The molecule has 202 valence electrons. The van der Waals surface area contributed by atoms with Gasteiger partial charge in [-0.3, -0.25) is 14.7 Å². The molecular weight excluding hydrogens is 495 g/mol. The largest absolute Gasteiger partial charge is 0.433 e. The number of benzene rings is 2. The van der Waals surface area contributed by atoms with Crippen LogP contribution in [0.15, 0.2) is 42.5 Å². The van der Waals surface area contributed by atoms with Gasteiger partial charge in [-0.1, -0.05) is 18.6 Å². The average molecular weight is 528 g/mol. The minimum Gasteiger partial charge on any atom is -0.339 e. The van der Waals surface area contributed by atoms with Gasteiger partial charge in [0.15, 0.2) is 0 Å². The highest BCUT2D eigenvalue weighted by Gasteiger charge is 2.35. The van der Waals surface area contributed by atoms with Gasteiger partial charge in [0.2, 0.25) is 5.91 Å². The molecule has 2 saturated heterocycles. The van der Waals surface area contributed by atoms with Crippen molar-refractivity contribution in [3.05, 3.63) is 59.3 Å². The topological polar surface area (TPSA) is 81.3 Å². The van der Waals surface area contributed by atoms with Crippen LogP contribution in [0.5, 0.6) is 0 Å². The van der Waals surface area contributed by atoms with E-state index in [0.717, 1.165) is 43.7 Å². The molecule has 2 aliphatic rings. The summed E-state index contributed by atoms with van der Waals surface area (Å²) in [6, 6.07) is 12.1. The van der Waals surface area contributed by atoms with E-state index in [9.17, 15) is 22.8 Å². The van der Waals surface area contributed by atoms with Crippen molar-refractivity contribution in [3.8, 4) is 0 Å². The summed E-state index contributed by atoms with van der Waals surface area (Å²) in [5.41, 5.74) is 1.39. The first kappa shape index (κ1) is 26.2. The molecule has 0 spiro atoms. The molecule has 2 amide bonds. The molecule has 38 heavy (non-hydrogen) atoms. The Morgan fingerprint density at radius 1 is 0.974 bits per heavy atom. The Labute approximate surface area is 219 Å². The molecule has 10 heteroatoms. The van der Waals surface area contributed by atoms with E-state index in [1.54, 1.807) is 4.90 Å². The van der Waals surface area contributed by atoms with E-state index < -0.39 is 11.9 Å². The van der Waals surface area contributed by atoms with Gasteiger partial charge in [-0.15, -0.1) is 0 Å². The van der Waals surface area contributed by atoms with Crippen LogP contribution in [-0.2, 0) is 11.0 Å². The number of hydrogen-bond acceptors (Lipinski definition) is 4. The Hall–Kier alpha value is -3.40. The van der Waals surface area contributed by atoms with E-state index in [2.05, 4.69) is 15.3 Å². The molecule has 0 unspecified atom stereocenters. The van der Waals surface area contributed by atoms with Gasteiger partial charge in [-0.05, 0) is 80.6 Å². The molecule has 2 aromatic carbocycles. The number of likely N-dealkylation sites (tertiary alicyclic amines) is 2. The molecule has 2 N–H and O–H groups in total. The molecule has 0 radical (unpaired) electrons. The van der Waals surface area contributed by atoms with E-state index in [0.29, 0.717) is 19.5 Å². The van der Waals surface area contributed by atoms with E-state index in [1.165, 1.54) is 37.5 Å². The average Bonchev–Trinajstić information content (AvgIpc) is 3.37. The zero-order valence-electron chi connectivity index (χ0n) is 21.2. The van der Waals surface area contributed by atoms with Crippen molar-refractivity contribution in [3.63, 3.8) is 0 Å². The lowest BCUT2D eigenvalue weighted by Crippen LogP contribution is -2.37. The summed E-state index contributed by atoms with van der Waals surface area (Å²) in [6.07, 6.45) is 1.13. The Balaban J connectivity index is 1.13. The Kier molecular flexibility index (Phi) is 7.69. The third-order valence-electron chi connectivity index (χ3n) is 7.64. The summed E-state index contributed by atoms with van der Waals surface area (Å²) >= 11 is 0. The fraction of sp³-hybridized carbons (Fsp3) is 0.464. The summed E-state index contributed by atoms with van der Waals surface area (Å²) < 4.78 is 39.7. The van der Waals surface area contributed by atoms with E-state index in [-0.39, 0.29) is 34.2 Å². The highest BCUT2D eigenvalue weighted by Crippen LogP contribution is 2.34. The number of piperidine rings is 2. The van der Waals surface area contributed by atoms with Crippen LogP contribution < -0.4 is 5.32 Å². The van der Waals surface area contributed by atoms with Crippen molar-refractivity contribution < 1.29 is 22.8 Å². The van der Waals surface area contributed by atoms with Gasteiger partial charge in [0.1, 0.15) is 5.69 Å². The fourth-order valence-electron chi connectivity index (χ4n) is 5.46. The Bertz CT molecular complexity index is 1270. The first-order valence-electron chi connectivity index (χ1n) is 13.2. The van der Waals surface area contributed by atoms with Gasteiger partial charge < -0.3 is 15.1 Å². The molecule has 0 atom stereocenters. The molecule has 5 rings (SSSR count). The standard InChI is InChI=1S/C28H32F3N5O2/c29-28(30,31)26-23-18-21(6-9-24(23)33-34-26)27(38)36-16-10-20(11-17-36)19-4-7-22(8-5-19)32-25(37)12-15-35-13-2-1-3-14-35/h4-9,18,20H,1-3,10-17H2,(H,32,37)(H,33,34). The van der Waals surface area contributed by atoms with Gasteiger partial charge >= 0.3 is 6.18 Å². The molecular formula is C28H32F3N5O2. The quantitative estimate of drug-likeness (QED) is 0.449. The van der Waals surface area contributed by atoms with E-state index in [4.69, 9.17) is 0 Å². The molecule has 1 aromatic heterocycles. The summed E-state index contributed by atoms with van der Waals surface area (Å²) in [5, 5.41) is 8.61. The molecule has 0 saturated carbocycles. The van der Waals surface area contributed by atoms with Crippen LogP contribution >= 0.6 is 0 Å². The second kappa shape index (κ2) is 11.1. The second-order valence-electron chi connectivity index (χ2n) is 10.2. The van der Waals surface area contributed by atoms with Crippen LogP contribution in [0.3, 0.4) is 0 Å². The highest BCUT2D eigenvalue weighted by atomic mass is 19.4. The van der Waals surface area contributed by atoms with Crippen molar-refractivity contribution in [1.82, 2.24) is 20.0 Å². The number of carbonyl (C=O) groups is 2. The number of anilines is 1. The number of aromatic nitrogens is 2. The summed E-state index contributed by atoms with van der Waals surface area (Å²) in [7, 11) is 0. The Morgan fingerprint density at radius 2 is 1.68 bits per heavy atom. The van der Waals surface area contributed by atoms with Gasteiger partial charge in [0.25, 0.3) is 5.91 Å². The van der Waals surface area contributed by atoms with E-state index in [1.807, 2.05) is 29.4 Å². The fourth-order valence-corrected chi connectivity index (χ4v) is 5.46. The summed E-state index contributed by atoms with van der Waals surface area (Å²) in [6.45, 7) is 3.98. The lowest BCUT2D eigenvalue weighted by molar-refractivity contribution is -0.140. The molecule has 7 nitrogen and oxygen atoms in total. The number of nitrogens with zero attached hydrogens (tertiary/aromatic N) is 3. The molecule has 0 aliphatic carbocycles. The lowest BCUT2D eigenvalue weighted by atomic mass is 9.89. The zero-order valence-corrected chi connectivity index (χ0v) is 21.2. The predicted molar refractivity (Wildman–Crippen MR) is 139 cm³/mol. The number of rotatable bonds is 6. The first-order chi connectivity index (χ1) is 18.3. The maximum atomic E-state index is 13.2. The van der Waals surface area contributed by atoms with Gasteiger partial charge in [-0.2, -0.15) is 18.3 Å². The maximum Gasteiger partial charge on any atom is 0.433 e. The number of fused-ring (bicyclic) bond motifs is 1. The molecule has 2 fully saturated rings. The third-order valence-corrected chi connectivity index (χ3v) is 7.64. The lowest BCUT2D eigenvalue weighted by Gasteiger charge is -2.32. The smallest absolute Gasteiger partial charge is 0.339 e. The molecule has 3 heterocycles. The minimum absolute atomic E-state index is 0.0195. The maximum absolute atomic E-state index is 13.2. The van der Waals surface area contributed by atoms with Crippen molar-refractivity contribution in [1.29, 1.82) is 0 Å². The zero-order chi connectivity index (χ0) is 26.7. The number of halogens is 3. The summed E-state index contributed by atoms with van der Waals surface area (Å²) in [5.74, 6) is 0.0180. The van der Waals surface area contributed by atoms with Crippen molar-refractivity contribution in [2.24, 2.45) is 0 Å². The third kappa shape index (κ3) is 6.01. The van der Waals surface area contributed by atoms with Crippen LogP contribution in [0, 0.1) is 0 Å². The van der Waals surface area contributed by atoms with Gasteiger partial charge in [0.05, 0.1) is 5.52 Å². The van der Waals surface area contributed by atoms with Gasteiger partial charge in [-0.25, -0.2) is 0 Å². The molecule has 3 aromatic rings. The van der Waals surface area contributed by atoms with Gasteiger partial charge in [0, 0.05) is 42.7 Å². The number of alkyl halides is 3. The molecule has 2 aliphatic heterocycles. The first-order valence-corrected chi connectivity index (χ1v) is 13.2. The van der Waals surface area contributed by atoms with Crippen LogP contribution in [-0.4, -0.2) is 64.5 Å². The monoisotopic (exact) mass is 527 g/mol. The second-order valence-corrected chi connectivity index (χ2v) is 10.2. The van der Waals surface area contributed by atoms with Crippen LogP contribution in [0.4, 0.5) is 18.9 Å². The SMILES string of the molecule is O=C(CCN1CCCCC1)Nc1ccc(C2CCN(C(=O)c3ccc4n[nH]c(C(F)(F)F)c4c3)CC2)cc1. The van der Waals surface area contributed by atoms with E-state index >= 15 is 0 Å². The number of aromatic amines is 1. The van der Waals surface area contributed by atoms with Crippen LogP contribution in [0.2, 0.25) is 0 Å². The number of H-pyrrole nitrogens is 1. The van der Waals surface area contributed by atoms with Crippen molar-refractivity contribution in [2.45, 2.75) is 50.6 Å². The minimum atomic E-state index is -4.57. The normalized spacial score (nSPS) is 17.6. The number of hydrogen-bond donors (Lipinski definition) is 2.